The van der Waals surface area contributed by atoms with E-state index >= 15 is 0 Å². The molecule has 0 saturated carbocycles. The fourth-order valence-electron chi connectivity index (χ4n) is 1.23. The number of imidazole rings is 1. The average molecular weight is 222 g/mol. The van der Waals surface area contributed by atoms with E-state index in [0.717, 1.165) is 12.8 Å². The minimum absolute atomic E-state index is 0.337. The van der Waals surface area contributed by atoms with Gasteiger partial charge in [0, 0.05) is 18.9 Å². The first kappa shape index (κ1) is 12.0. The number of halogens is 3. The Balaban J connectivity index is 2.80. The Morgan fingerprint density at radius 2 is 2.20 bits per heavy atom. The number of aryl methyl sites for hydroxylation is 1. The van der Waals surface area contributed by atoms with Gasteiger partial charge in [-0.15, -0.1) is 0 Å². The second-order valence-corrected chi connectivity index (χ2v) is 3.28. The van der Waals surface area contributed by atoms with Crippen LogP contribution in [0.5, 0.6) is 0 Å². The van der Waals surface area contributed by atoms with Crippen LogP contribution in [0.2, 0.25) is 0 Å². The Kier molecular flexibility index (Phi) is 3.73. The molecule has 0 saturated heterocycles. The molecule has 1 atom stereocenters. The van der Waals surface area contributed by atoms with E-state index < -0.39 is 12.3 Å². The van der Waals surface area contributed by atoms with E-state index in [1.807, 2.05) is 6.92 Å². The van der Waals surface area contributed by atoms with Gasteiger partial charge in [-0.25, -0.2) is 4.98 Å². The summed E-state index contributed by atoms with van der Waals surface area (Å²) in [6.45, 7) is 2.38. The van der Waals surface area contributed by atoms with Gasteiger partial charge < -0.3 is 9.67 Å². The normalized spacial score (nSPS) is 14.2. The van der Waals surface area contributed by atoms with Gasteiger partial charge in [0.2, 0.25) is 6.10 Å². The van der Waals surface area contributed by atoms with Gasteiger partial charge in [0.05, 0.1) is 0 Å². The molecular formula is C9H13F3N2O. The van der Waals surface area contributed by atoms with Crippen LogP contribution < -0.4 is 0 Å². The minimum Gasteiger partial charge on any atom is -0.377 e. The zero-order valence-electron chi connectivity index (χ0n) is 8.33. The van der Waals surface area contributed by atoms with Gasteiger partial charge in [-0.2, -0.15) is 13.2 Å². The van der Waals surface area contributed by atoms with Crippen LogP contribution in [0.3, 0.4) is 0 Å². The minimum atomic E-state index is -4.66. The van der Waals surface area contributed by atoms with Crippen molar-refractivity contribution in [3.05, 3.63) is 18.2 Å². The summed E-state index contributed by atoms with van der Waals surface area (Å²) < 4.78 is 38.0. The van der Waals surface area contributed by atoms with Crippen molar-refractivity contribution in [2.75, 3.05) is 0 Å². The highest BCUT2D eigenvalue weighted by Crippen LogP contribution is 2.31. The largest absolute Gasteiger partial charge is 0.421 e. The molecule has 3 nitrogen and oxygen atoms in total. The van der Waals surface area contributed by atoms with Crippen molar-refractivity contribution in [1.82, 2.24) is 9.55 Å². The predicted molar refractivity (Wildman–Crippen MR) is 48.1 cm³/mol. The van der Waals surface area contributed by atoms with Crippen LogP contribution in [-0.4, -0.2) is 20.8 Å². The average Bonchev–Trinajstić information content (AvgIpc) is 2.59. The van der Waals surface area contributed by atoms with Crippen molar-refractivity contribution in [2.45, 2.75) is 38.6 Å². The first-order valence-electron chi connectivity index (χ1n) is 4.72. The SMILES string of the molecule is CCCCn1ccnc1C(O)C(F)(F)F. The predicted octanol–water partition coefficient (Wildman–Crippen LogP) is 2.28. The van der Waals surface area contributed by atoms with Crippen molar-refractivity contribution in [3.63, 3.8) is 0 Å². The maximum absolute atomic E-state index is 12.2. The molecule has 0 radical (unpaired) electrons. The molecule has 86 valence electrons. The van der Waals surface area contributed by atoms with Crippen LogP contribution in [0.1, 0.15) is 31.7 Å². The molecule has 0 aromatic carbocycles. The third-order valence-corrected chi connectivity index (χ3v) is 2.05. The summed E-state index contributed by atoms with van der Waals surface area (Å²) >= 11 is 0. The van der Waals surface area contributed by atoms with Crippen LogP contribution in [-0.2, 0) is 6.54 Å². The molecule has 1 aromatic rings. The highest BCUT2D eigenvalue weighted by Gasteiger charge is 2.41. The standard InChI is InChI=1S/C9H13F3N2O/c1-2-3-5-14-6-4-13-8(14)7(15)9(10,11)12/h4,6-7,15H,2-3,5H2,1H3. The fourth-order valence-corrected chi connectivity index (χ4v) is 1.23. The molecule has 0 aliphatic rings. The van der Waals surface area contributed by atoms with Gasteiger partial charge in [0.25, 0.3) is 0 Å². The van der Waals surface area contributed by atoms with E-state index in [4.69, 9.17) is 5.11 Å². The van der Waals surface area contributed by atoms with Crippen LogP contribution in [0.4, 0.5) is 13.2 Å². The first-order valence-corrected chi connectivity index (χ1v) is 4.72. The molecular weight excluding hydrogens is 209 g/mol. The molecule has 0 aliphatic carbocycles. The Bertz CT molecular complexity index is 309. The Hall–Kier alpha value is -1.04. The number of nitrogens with zero attached hydrogens (tertiary/aromatic N) is 2. The molecule has 6 heteroatoms. The molecule has 1 N–H and O–H groups in total. The van der Waals surface area contributed by atoms with E-state index in [1.165, 1.54) is 17.0 Å². The highest BCUT2D eigenvalue weighted by atomic mass is 19.4. The topological polar surface area (TPSA) is 38.0 Å². The van der Waals surface area contributed by atoms with E-state index in [9.17, 15) is 13.2 Å². The maximum Gasteiger partial charge on any atom is 0.421 e. The van der Waals surface area contributed by atoms with Gasteiger partial charge in [0.15, 0.2) is 0 Å². The van der Waals surface area contributed by atoms with Gasteiger partial charge in [-0.3, -0.25) is 0 Å². The van der Waals surface area contributed by atoms with Gasteiger partial charge in [0.1, 0.15) is 5.82 Å². The molecule has 0 spiro atoms. The van der Waals surface area contributed by atoms with E-state index in [-0.39, 0.29) is 5.82 Å². The first-order chi connectivity index (χ1) is 6.96. The van der Waals surface area contributed by atoms with Crippen molar-refractivity contribution >= 4 is 0 Å². The van der Waals surface area contributed by atoms with Gasteiger partial charge >= 0.3 is 6.18 Å². The number of unbranched alkanes of at least 4 members (excludes halogenated alkanes) is 1. The second-order valence-electron chi connectivity index (χ2n) is 3.28. The Morgan fingerprint density at radius 3 is 2.73 bits per heavy atom. The number of aromatic nitrogens is 2. The van der Waals surface area contributed by atoms with E-state index in [1.54, 1.807) is 0 Å². The lowest BCUT2D eigenvalue weighted by atomic mass is 10.3. The van der Waals surface area contributed by atoms with Crippen molar-refractivity contribution in [2.24, 2.45) is 0 Å². The smallest absolute Gasteiger partial charge is 0.377 e. The fraction of sp³-hybridized carbons (Fsp3) is 0.667. The van der Waals surface area contributed by atoms with Crippen molar-refractivity contribution in [3.8, 4) is 0 Å². The molecule has 1 heterocycles. The molecule has 15 heavy (non-hydrogen) atoms. The monoisotopic (exact) mass is 222 g/mol. The Morgan fingerprint density at radius 1 is 1.53 bits per heavy atom. The van der Waals surface area contributed by atoms with Crippen LogP contribution in [0.15, 0.2) is 12.4 Å². The number of aliphatic hydroxyl groups is 1. The van der Waals surface area contributed by atoms with E-state index in [0.29, 0.717) is 6.54 Å². The maximum atomic E-state index is 12.2. The summed E-state index contributed by atoms with van der Waals surface area (Å²) in [7, 11) is 0. The lowest BCUT2D eigenvalue weighted by Gasteiger charge is -2.15. The zero-order valence-corrected chi connectivity index (χ0v) is 8.33. The summed E-state index contributed by atoms with van der Waals surface area (Å²) in [4.78, 5) is 3.53. The third kappa shape index (κ3) is 2.95. The number of aliphatic hydroxyl groups excluding tert-OH is 1. The molecule has 1 rings (SSSR count). The molecule has 0 amide bonds. The van der Waals surface area contributed by atoms with Gasteiger partial charge in [-0.05, 0) is 6.42 Å². The summed E-state index contributed by atoms with van der Waals surface area (Å²) in [6, 6.07) is 0. The number of hydrogen-bond acceptors (Lipinski definition) is 2. The molecule has 1 unspecified atom stereocenters. The van der Waals surface area contributed by atoms with Crippen LogP contribution in [0, 0.1) is 0 Å². The summed E-state index contributed by atoms with van der Waals surface area (Å²) in [5.74, 6) is -0.337. The second kappa shape index (κ2) is 4.65. The summed E-state index contributed by atoms with van der Waals surface area (Å²) in [5, 5.41) is 9.02. The number of rotatable bonds is 4. The molecule has 0 aliphatic heterocycles. The lowest BCUT2D eigenvalue weighted by Crippen LogP contribution is -2.23. The summed E-state index contributed by atoms with van der Waals surface area (Å²) in [6.07, 6.45) is -2.81. The van der Waals surface area contributed by atoms with Crippen molar-refractivity contribution < 1.29 is 18.3 Å². The van der Waals surface area contributed by atoms with Crippen LogP contribution in [0.25, 0.3) is 0 Å². The number of alkyl halides is 3. The van der Waals surface area contributed by atoms with Crippen molar-refractivity contribution in [1.29, 1.82) is 0 Å². The number of hydrogen-bond donors (Lipinski definition) is 1. The van der Waals surface area contributed by atoms with E-state index in [2.05, 4.69) is 4.98 Å². The van der Waals surface area contributed by atoms with Crippen LogP contribution >= 0.6 is 0 Å². The lowest BCUT2D eigenvalue weighted by molar-refractivity contribution is -0.209. The quantitative estimate of drug-likeness (QED) is 0.848. The third-order valence-electron chi connectivity index (χ3n) is 2.05. The zero-order chi connectivity index (χ0) is 11.5. The molecule has 1 aromatic heterocycles. The highest BCUT2D eigenvalue weighted by molar-refractivity contribution is 4.99. The molecule has 0 fully saturated rings. The summed E-state index contributed by atoms with van der Waals surface area (Å²) in [5.41, 5.74) is 0. The van der Waals surface area contributed by atoms with Gasteiger partial charge in [-0.1, -0.05) is 13.3 Å². The Labute approximate surface area is 85.6 Å². The molecule has 0 bridgehead atoms.